The number of unbranched alkanes of at least 4 members (excludes halogenated alkanes) is 6. The highest BCUT2D eigenvalue weighted by molar-refractivity contribution is 5.85. The molecule has 0 atom stereocenters. The van der Waals surface area contributed by atoms with Crippen LogP contribution in [0.25, 0.3) is 22.3 Å². The van der Waals surface area contributed by atoms with E-state index < -0.39 is 0 Å². The molecule has 1 N–H and O–H groups in total. The van der Waals surface area contributed by atoms with E-state index in [1.165, 1.54) is 92.0 Å². The molecule has 0 spiro atoms. The quantitative estimate of drug-likeness (QED) is 0.262. The number of fused-ring (bicyclic) bond motifs is 3. The lowest BCUT2D eigenvalue weighted by Gasteiger charge is -2.33. The average molecular weight is 497 g/mol. The van der Waals surface area contributed by atoms with E-state index in [0.29, 0.717) is 5.75 Å². The fourth-order valence-corrected chi connectivity index (χ4v) is 6.56. The van der Waals surface area contributed by atoms with Crippen LogP contribution in [0.15, 0.2) is 54.6 Å². The highest BCUT2D eigenvalue weighted by Gasteiger charge is 2.42. The second kappa shape index (κ2) is 11.5. The van der Waals surface area contributed by atoms with E-state index in [2.05, 4.69) is 96.1 Å². The van der Waals surface area contributed by atoms with Crippen LogP contribution in [0.4, 0.5) is 0 Å². The van der Waals surface area contributed by atoms with Gasteiger partial charge in [-0.25, -0.2) is 0 Å². The van der Waals surface area contributed by atoms with Crippen molar-refractivity contribution in [3.8, 4) is 28.0 Å². The first kappa shape index (κ1) is 27.5. The fourth-order valence-electron chi connectivity index (χ4n) is 6.56. The molecule has 37 heavy (non-hydrogen) atoms. The largest absolute Gasteiger partial charge is 0.507 e. The van der Waals surface area contributed by atoms with Gasteiger partial charge in [0, 0.05) is 16.5 Å². The summed E-state index contributed by atoms with van der Waals surface area (Å²) in [6.07, 6.45) is 12.7. The molecular weight excluding hydrogens is 448 g/mol. The van der Waals surface area contributed by atoms with Crippen molar-refractivity contribution in [2.24, 2.45) is 0 Å². The van der Waals surface area contributed by atoms with Crippen LogP contribution >= 0.6 is 0 Å². The average Bonchev–Trinajstić information content (AvgIpc) is 3.14. The van der Waals surface area contributed by atoms with Crippen molar-refractivity contribution in [2.75, 3.05) is 0 Å². The fraction of sp³-hybridized carbons (Fsp3) is 0.500. The van der Waals surface area contributed by atoms with Crippen molar-refractivity contribution >= 4 is 0 Å². The molecule has 1 heteroatoms. The Morgan fingerprint density at radius 1 is 0.676 bits per heavy atom. The van der Waals surface area contributed by atoms with Gasteiger partial charge in [0.2, 0.25) is 0 Å². The van der Waals surface area contributed by atoms with Crippen LogP contribution in [0.3, 0.4) is 0 Å². The van der Waals surface area contributed by atoms with Gasteiger partial charge in [-0.1, -0.05) is 128 Å². The number of benzene rings is 3. The number of phenolic OH excluding ortho intramolecular Hbond substituents is 1. The van der Waals surface area contributed by atoms with Gasteiger partial charge >= 0.3 is 0 Å². The van der Waals surface area contributed by atoms with Crippen LogP contribution in [-0.2, 0) is 10.8 Å². The molecule has 4 rings (SSSR count). The Morgan fingerprint density at radius 2 is 1.30 bits per heavy atom. The summed E-state index contributed by atoms with van der Waals surface area (Å²) >= 11 is 0. The zero-order valence-corrected chi connectivity index (χ0v) is 24.2. The summed E-state index contributed by atoms with van der Waals surface area (Å²) in [5, 5.41) is 11.5. The second-order valence-corrected chi connectivity index (χ2v) is 12.5. The SMILES string of the molecule is CCCCCCC1(CCCCCC)c2ccccc2-c2ccc(-c3cc(C)cc(C(C)(C)C)c3O)cc21. The van der Waals surface area contributed by atoms with Gasteiger partial charge < -0.3 is 5.11 Å². The van der Waals surface area contributed by atoms with Gasteiger partial charge in [-0.05, 0) is 70.7 Å². The zero-order chi connectivity index (χ0) is 26.6. The Kier molecular flexibility index (Phi) is 8.52. The minimum absolute atomic E-state index is 0.0652. The van der Waals surface area contributed by atoms with Crippen LogP contribution in [0.5, 0.6) is 5.75 Å². The number of phenols is 1. The monoisotopic (exact) mass is 496 g/mol. The Bertz CT molecular complexity index is 1200. The Hall–Kier alpha value is -2.54. The molecule has 0 saturated carbocycles. The van der Waals surface area contributed by atoms with Gasteiger partial charge in [-0.2, -0.15) is 0 Å². The molecule has 0 aliphatic heterocycles. The Morgan fingerprint density at radius 3 is 1.92 bits per heavy atom. The van der Waals surface area contributed by atoms with Gasteiger partial charge in [0.1, 0.15) is 5.75 Å². The first-order valence-electron chi connectivity index (χ1n) is 14.8. The van der Waals surface area contributed by atoms with Gasteiger partial charge in [-0.15, -0.1) is 0 Å². The maximum absolute atomic E-state index is 11.5. The first-order valence-corrected chi connectivity index (χ1v) is 14.8. The third-order valence-corrected chi connectivity index (χ3v) is 8.56. The highest BCUT2D eigenvalue weighted by Crippen LogP contribution is 2.55. The van der Waals surface area contributed by atoms with Crippen LogP contribution in [-0.4, -0.2) is 5.11 Å². The zero-order valence-electron chi connectivity index (χ0n) is 24.2. The minimum Gasteiger partial charge on any atom is -0.507 e. The summed E-state index contributed by atoms with van der Waals surface area (Å²) < 4.78 is 0. The third-order valence-electron chi connectivity index (χ3n) is 8.56. The molecule has 3 aromatic rings. The lowest BCUT2D eigenvalue weighted by Crippen LogP contribution is -2.25. The van der Waals surface area contributed by atoms with E-state index in [-0.39, 0.29) is 10.8 Å². The van der Waals surface area contributed by atoms with Crippen molar-refractivity contribution in [2.45, 2.75) is 117 Å². The molecule has 1 aliphatic carbocycles. The van der Waals surface area contributed by atoms with E-state index in [4.69, 9.17) is 0 Å². The van der Waals surface area contributed by atoms with Gasteiger partial charge in [-0.3, -0.25) is 0 Å². The Labute approximate surface area is 226 Å². The van der Waals surface area contributed by atoms with E-state index in [1.807, 2.05) is 0 Å². The van der Waals surface area contributed by atoms with Crippen LogP contribution < -0.4 is 0 Å². The number of rotatable bonds is 11. The van der Waals surface area contributed by atoms with Gasteiger partial charge in [0.25, 0.3) is 0 Å². The molecule has 0 fully saturated rings. The van der Waals surface area contributed by atoms with E-state index >= 15 is 0 Å². The molecule has 0 unspecified atom stereocenters. The van der Waals surface area contributed by atoms with Crippen molar-refractivity contribution in [3.05, 3.63) is 76.9 Å². The number of aryl methyl sites for hydroxylation is 1. The molecule has 0 bridgehead atoms. The summed E-state index contributed by atoms with van der Waals surface area (Å²) in [7, 11) is 0. The van der Waals surface area contributed by atoms with Crippen LogP contribution in [0.2, 0.25) is 0 Å². The van der Waals surface area contributed by atoms with Gasteiger partial charge in [0.05, 0.1) is 0 Å². The van der Waals surface area contributed by atoms with Crippen molar-refractivity contribution in [1.82, 2.24) is 0 Å². The number of aromatic hydroxyl groups is 1. The molecule has 0 amide bonds. The summed E-state index contributed by atoms with van der Waals surface area (Å²) in [5.74, 6) is 0.435. The summed E-state index contributed by atoms with van der Waals surface area (Å²) in [6.45, 7) is 13.3. The van der Waals surface area contributed by atoms with Crippen molar-refractivity contribution in [3.63, 3.8) is 0 Å². The topological polar surface area (TPSA) is 20.2 Å². The van der Waals surface area contributed by atoms with E-state index in [9.17, 15) is 5.11 Å². The molecule has 1 aliphatic rings. The summed E-state index contributed by atoms with van der Waals surface area (Å²) in [5.41, 5.74) is 10.1. The van der Waals surface area contributed by atoms with E-state index in [1.54, 1.807) is 0 Å². The normalized spacial score (nSPS) is 14.0. The van der Waals surface area contributed by atoms with Crippen molar-refractivity contribution < 1.29 is 5.11 Å². The minimum atomic E-state index is -0.111. The van der Waals surface area contributed by atoms with E-state index in [0.717, 1.165) is 16.7 Å². The van der Waals surface area contributed by atoms with Gasteiger partial charge in [0.15, 0.2) is 0 Å². The molecule has 1 nitrogen and oxygen atoms in total. The molecular formula is C36H48O. The first-order chi connectivity index (χ1) is 17.7. The molecule has 0 radical (unpaired) electrons. The number of hydrogen-bond acceptors (Lipinski definition) is 1. The second-order valence-electron chi connectivity index (χ2n) is 12.5. The number of hydrogen-bond donors (Lipinski definition) is 1. The lowest BCUT2D eigenvalue weighted by molar-refractivity contribution is 0.401. The molecule has 198 valence electrons. The summed E-state index contributed by atoms with van der Waals surface area (Å²) in [4.78, 5) is 0. The smallest absolute Gasteiger partial charge is 0.127 e. The van der Waals surface area contributed by atoms with Crippen molar-refractivity contribution in [1.29, 1.82) is 0 Å². The highest BCUT2D eigenvalue weighted by atomic mass is 16.3. The molecule has 0 saturated heterocycles. The Balaban J connectivity index is 1.86. The lowest BCUT2D eigenvalue weighted by atomic mass is 9.70. The predicted octanol–water partition coefficient (Wildman–Crippen LogP) is 10.9. The molecule has 0 heterocycles. The predicted molar refractivity (Wildman–Crippen MR) is 161 cm³/mol. The van der Waals surface area contributed by atoms with Crippen LogP contribution in [0, 0.1) is 6.92 Å². The molecule has 0 aromatic heterocycles. The standard InChI is InChI=1S/C36H48O/c1-7-9-11-15-21-36(22-16-12-10-8-2)31-18-14-13-17-28(31)29-20-19-27(25-32(29)36)30-23-26(3)24-33(34(30)37)35(4,5)6/h13-14,17-20,23-25,37H,7-12,15-16,21-22H2,1-6H3. The van der Waals surface area contributed by atoms with Crippen LogP contribution in [0.1, 0.15) is 121 Å². The molecule has 3 aromatic carbocycles. The third kappa shape index (κ3) is 5.52. The maximum atomic E-state index is 11.5. The summed E-state index contributed by atoms with van der Waals surface area (Å²) in [6, 6.07) is 20.5. The maximum Gasteiger partial charge on any atom is 0.127 e.